The van der Waals surface area contributed by atoms with E-state index in [1.54, 1.807) is 0 Å². The van der Waals surface area contributed by atoms with Gasteiger partial charge >= 0.3 is 6.18 Å². The Kier molecular flexibility index (Phi) is 5.77. The first-order valence-electron chi connectivity index (χ1n) is 5.23. The largest absolute Gasteiger partial charge is 0.416 e. The summed E-state index contributed by atoms with van der Waals surface area (Å²) in [5, 5.41) is 8.48. The van der Waals surface area contributed by atoms with E-state index in [0.717, 1.165) is 12.1 Å². The molecule has 0 unspecified atom stereocenters. The Morgan fingerprint density at radius 2 is 2.00 bits per heavy atom. The maximum absolute atomic E-state index is 12.4. The Labute approximate surface area is 107 Å². The van der Waals surface area contributed by atoms with Crippen molar-refractivity contribution < 1.29 is 23.0 Å². The van der Waals surface area contributed by atoms with Crippen LogP contribution in [0.5, 0.6) is 0 Å². The summed E-state index contributed by atoms with van der Waals surface area (Å²) in [4.78, 5) is 0.593. The lowest BCUT2D eigenvalue weighted by Crippen LogP contribution is -2.06. The van der Waals surface area contributed by atoms with Crippen LogP contribution in [0.25, 0.3) is 0 Å². The van der Waals surface area contributed by atoms with Gasteiger partial charge in [-0.15, -0.1) is 11.8 Å². The molecule has 1 rings (SSSR count). The molecule has 18 heavy (non-hydrogen) atoms. The number of ether oxygens (including phenoxy) is 1. The number of nitrogens with two attached hydrogens (primary N) is 1. The number of halogens is 3. The minimum absolute atomic E-state index is 0.0485. The van der Waals surface area contributed by atoms with Gasteiger partial charge in [0.05, 0.1) is 25.4 Å². The van der Waals surface area contributed by atoms with Gasteiger partial charge < -0.3 is 15.6 Å². The summed E-state index contributed by atoms with van der Waals surface area (Å²) in [5.41, 5.74) is 4.92. The van der Waals surface area contributed by atoms with Crippen LogP contribution in [0.1, 0.15) is 5.56 Å². The molecule has 1 aromatic rings. The van der Waals surface area contributed by atoms with Crippen molar-refractivity contribution >= 4 is 17.4 Å². The predicted octanol–water partition coefficient (Wildman–Crippen LogP) is 2.39. The Morgan fingerprint density at radius 3 is 2.56 bits per heavy atom. The van der Waals surface area contributed by atoms with Crippen LogP contribution in [-0.4, -0.2) is 30.7 Å². The van der Waals surface area contributed by atoms with E-state index in [-0.39, 0.29) is 18.9 Å². The molecule has 0 saturated heterocycles. The van der Waals surface area contributed by atoms with E-state index >= 15 is 0 Å². The quantitative estimate of drug-likeness (QED) is 0.477. The van der Waals surface area contributed by atoms with Crippen LogP contribution in [0, 0.1) is 0 Å². The van der Waals surface area contributed by atoms with Crippen LogP contribution in [0.2, 0.25) is 0 Å². The lowest BCUT2D eigenvalue weighted by atomic mass is 10.2. The molecule has 0 heterocycles. The third kappa shape index (κ3) is 4.75. The molecule has 0 fully saturated rings. The molecule has 0 spiro atoms. The van der Waals surface area contributed by atoms with Gasteiger partial charge in [0.15, 0.2) is 0 Å². The number of thioether (sulfide) groups is 1. The maximum Gasteiger partial charge on any atom is 0.416 e. The Hall–Kier alpha value is -0.920. The third-order valence-corrected chi connectivity index (χ3v) is 3.11. The summed E-state index contributed by atoms with van der Waals surface area (Å²) in [6.45, 7) is 0.613. The number of alkyl halides is 3. The van der Waals surface area contributed by atoms with Crippen molar-refractivity contribution in [3.05, 3.63) is 23.8 Å². The minimum Gasteiger partial charge on any atom is -0.398 e. The topological polar surface area (TPSA) is 55.5 Å². The zero-order chi connectivity index (χ0) is 13.6. The van der Waals surface area contributed by atoms with Crippen LogP contribution in [0.15, 0.2) is 23.1 Å². The second-order valence-corrected chi connectivity index (χ2v) is 4.57. The average Bonchev–Trinajstić information content (AvgIpc) is 2.29. The van der Waals surface area contributed by atoms with Crippen molar-refractivity contribution in [2.24, 2.45) is 0 Å². The smallest absolute Gasteiger partial charge is 0.398 e. The molecule has 0 saturated carbocycles. The molecule has 102 valence electrons. The summed E-state index contributed by atoms with van der Waals surface area (Å²) < 4.78 is 42.2. The van der Waals surface area contributed by atoms with E-state index in [1.807, 2.05) is 0 Å². The standard InChI is InChI=1S/C11H14F3NO2S/c12-11(13,14)8-1-2-10(9(15)7-8)18-6-5-17-4-3-16/h1-2,7,16H,3-6,15H2. The fourth-order valence-electron chi connectivity index (χ4n) is 1.23. The molecule has 7 heteroatoms. The van der Waals surface area contributed by atoms with Crippen LogP contribution in [0.4, 0.5) is 18.9 Å². The van der Waals surface area contributed by atoms with Gasteiger partial charge in [-0.1, -0.05) is 0 Å². The van der Waals surface area contributed by atoms with E-state index in [1.165, 1.54) is 17.8 Å². The molecule has 0 aromatic heterocycles. The summed E-state index contributed by atoms with van der Waals surface area (Å²) in [7, 11) is 0. The van der Waals surface area contributed by atoms with Crippen LogP contribution < -0.4 is 5.73 Å². The second kappa shape index (κ2) is 6.86. The van der Waals surface area contributed by atoms with Gasteiger partial charge in [0.25, 0.3) is 0 Å². The van der Waals surface area contributed by atoms with E-state index in [4.69, 9.17) is 15.6 Å². The highest BCUT2D eigenvalue weighted by Gasteiger charge is 2.30. The molecule has 0 atom stereocenters. The number of nitrogen functional groups attached to an aromatic ring is 1. The van der Waals surface area contributed by atoms with Crippen molar-refractivity contribution in [1.29, 1.82) is 0 Å². The van der Waals surface area contributed by atoms with Crippen LogP contribution >= 0.6 is 11.8 Å². The number of aliphatic hydroxyl groups excluding tert-OH is 1. The van der Waals surface area contributed by atoms with Gasteiger partial charge in [-0.2, -0.15) is 13.2 Å². The Morgan fingerprint density at radius 1 is 1.28 bits per heavy atom. The molecule has 3 nitrogen and oxygen atoms in total. The molecule has 0 aliphatic carbocycles. The summed E-state index contributed by atoms with van der Waals surface area (Å²) in [6.07, 6.45) is -4.37. The minimum atomic E-state index is -4.37. The number of rotatable bonds is 6. The zero-order valence-electron chi connectivity index (χ0n) is 9.54. The van der Waals surface area contributed by atoms with E-state index in [2.05, 4.69) is 0 Å². The monoisotopic (exact) mass is 281 g/mol. The van der Waals surface area contributed by atoms with Gasteiger partial charge in [0, 0.05) is 16.3 Å². The fourth-order valence-corrected chi connectivity index (χ4v) is 2.04. The molecule has 0 aliphatic rings. The van der Waals surface area contributed by atoms with Crippen LogP contribution in [0.3, 0.4) is 0 Å². The third-order valence-electron chi connectivity index (χ3n) is 2.06. The number of hydrogen-bond acceptors (Lipinski definition) is 4. The van der Waals surface area contributed by atoms with Crippen molar-refractivity contribution in [1.82, 2.24) is 0 Å². The second-order valence-electron chi connectivity index (χ2n) is 3.43. The van der Waals surface area contributed by atoms with E-state index in [0.29, 0.717) is 17.3 Å². The molecule has 0 aliphatic heterocycles. The first-order chi connectivity index (χ1) is 8.45. The lowest BCUT2D eigenvalue weighted by Gasteiger charge is -2.10. The SMILES string of the molecule is Nc1cc(C(F)(F)F)ccc1SCCOCCO. The van der Waals surface area contributed by atoms with Crippen molar-refractivity contribution in [3.63, 3.8) is 0 Å². The fraction of sp³-hybridized carbons (Fsp3) is 0.455. The molecule has 1 aromatic carbocycles. The van der Waals surface area contributed by atoms with E-state index < -0.39 is 11.7 Å². The molecular weight excluding hydrogens is 267 g/mol. The summed E-state index contributed by atoms with van der Waals surface area (Å²) in [5.74, 6) is 0.565. The first-order valence-corrected chi connectivity index (χ1v) is 6.22. The van der Waals surface area contributed by atoms with Crippen molar-refractivity contribution in [3.8, 4) is 0 Å². The normalized spacial score (nSPS) is 11.8. The summed E-state index contributed by atoms with van der Waals surface area (Å²) in [6, 6.07) is 3.29. The first kappa shape index (κ1) is 15.1. The predicted molar refractivity (Wildman–Crippen MR) is 64.5 cm³/mol. The van der Waals surface area contributed by atoms with Crippen LogP contribution in [-0.2, 0) is 10.9 Å². The van der Waals surface area contributed by atoms with Gasteiger partial charge in [-0.05, 0) is 18.2 Å². The molecule has 3 N–H and O–H groups in total. The highest BCUT2D eigenvalue weighted by molar-refractivity contribution is 7.99. The molecular formula is C11H14F3NO2S. The number of anilines is 1. The van der Waals surface area contributed by atoms with Gasteiger partial charge in [-0.3, -0.25) is 0 Å². The number of aliphatic hydroxyl groups is 1. The van der Waals surface area contributed by atoms with E-state index in [9.17, 15) is 13.2 Å². The lowest BCUT2D eigenvalue weighted by molar-refractivity contribution is -0.137. The van der Waals surface area contributed by atoms with Crippen molar-refractivity contribution in [2.45, 2.75) is 11.1 Å². The molecule has 0 bridgehead atoms. The van der Waals surface area contributed by atoms with Gasteiger partial charge in [0.2, 0.25) is 0 Å². The van der Waals surface area contributed by atoms with Crippen molar-refractivity contribution in [2.75, 3.05) is 31.3 Å². The molecule has 0 radical (unpaired) electrons. The highest BCUT2D eigenvalue weighted by Crippen LogP contribution is 2.34. The Bertz CT molecular complexity index is 385. The summed E-state index contributed by atoms with van der Waals surface area (Å²) >= 11 is 1.32. The number of hydrogen-bond donors (Lipinski definition) is 2. The molecule has 0 amide bonds. The zero-order valence-corrected chi connectivity index (χ0v) is 10.4. The van der Waals surface area contributed by atoms with Gasteiger partial charge in [-0.25, -0.2) is 0 Å². The Balaban J connectivity index is 2.53. The average molecular weight is 281 g/mol. The van der Waals surface area contributed by atoms with Gasteiger partial charge in [0.1, 0.15) is 0 Å². The highest BCUT2D eigenvalue weighted by atomic mass is 32.2. The maximum atomic E-state index is 12.4. The number of benzene rings is 1.